The number of sulfonamides is 1. The van der Waals surface area contributed by atoms with Gasteiger partial charge in [0.15, 0.2) is 11.6 Å². The number of phenols is 1. The minimum Gasteiger partial charge on any atom is -0.505 e. The lowest BCUT2D eigenvalue weighted by molar-refractivity contribution is 0.0824. The molecule has 0 spiro atoms. The third-order valence-electron chi connectivity index (χ3n) is 5.31. The Morgan fingerprint density at radius 2 is 1.82 bits per heavy atom. The molecule has 2 aromatic rings. The van der Waals surface area contributed by atoms with E-state index in [0.717, 1.165) is 5.76 Å². The number of rotatable bonds is 5. The minimum atomic E-state index is -3.91. The number of carbonyl (C=O) groups is 1. The Morgan fingerprint density at radius 1 is 1.15 bits per heavy atom. The molecule has 1 aliphatic rings. The highest BCUT2D eigenvalue weighted by Gasteiger charge is 2.36. The van der Waals surface area contributed by atoms with Gasteiger partial charge in [-0.3, -0.25) is 4.79 Å². The fourth-order valence-electron chi connectivity index (χ4n) is 3.44. The summed E-state index contributed by atoms with van der Waals surface area (Å²) < 4.78 is 34.9. The van der Waals surface area contributed by atoms with Crippen molar-refractivity contribution in [1.29, 1.82) is 0 Å². The van der Waals surface area contributed by atoms with Crippen molar-refractivity contribution in [2.24, 2.45) is 9.81 Å². The highest BCUT2D eigenvalue weighted by Crippen LogP contribution is 2.37. The van der Waals surface area contributed by atoms with Crippen LogP contribution in [0.2, 0.25) is 0 Å². The van der Waals surface area contributed by atoms with Gasteiger partial charge in [0.1, 0.15) is 11.5 Å². The minimum absolute atomic E-state index is 0.0229. The highest BCUT2D eigenvalue weighted by atomic mass is 32.2. The van der Waals surface area contributed by atoms with Crippen molar-refractivity contribution in [3.05, 3.63) is 58.0 Å². The van der Waals surface area contributed by atoms with Gasteiger partial charge in [-0.15, -0.1) is 4.40 Å². The summed E-state index contributed by atoms with van der Waals surface area (Å²) in [5, 5.41) is 16.9. The number of aryl methyl sites for hydroxylation is 1. The molecule has 9 nitrogen and oxygen atoms in total. The van der Waals surface area contributed by atoms with Crippen LogP contribution in [0.15, 0.2) is 49.7 Å². The Hall–Kier alpha value is -3.27. The van der Waals surface area contributed by atoms with Gasteiger partial charge in [-0.05, 0) is 43.5 Å². The standard InChI is InChI=1S/C23H30N4O5S/c1-13-11-12-17(32-13)20(23(3,4)5)25-18-14(2)33(30,31)26-21(18)24-16-10-8-9-15(19(16)28)22(29)27(6)7/h8-12,20,25,28H,1-7H3,(H,24,26)/t20-/m0/s1. The summed E-state index contributed by atoms with van der Waals surface area (Å²) in [6.45, 7) is 9.33. The quantitative estimate of drug-likeness (QED) is 0.564. The number of aromatic hydroxyl groups is 1. The number of benzene rings is 1. The van der Waals surface area contributed by atoms with Gasteiger partial charge >= 0.3 is 0 Å². The second kappa shape index (κ2) is 8.58. The van der Waals surface area contributed by atoms with E-state index in [2.05, 4.69) is 15.0 Å². The van der Waals surface area contributed by atoms with Crippen molar-refractivity contribution < 1.29 is 22.7 Å². The summed E-state index contributed by atoms with van der Waals surface area (Å²) in [4.78, 5) is 13.8. The topological polar surface area (TPSA) is 124 Å². The summed E-state index contributed by atoms with van der Waals surface area (Å²) in [6, 6.07) is 7.96. The Bertz CT molecular complexity index is 1250. The molecule has 10 heteroatoms. The molecule has 33 heavy (non-hydrogen) atoms. The molecule has 0 bridgehead atoms. The molecule has 1 aliphatic heterocycles. The molecule has 1 aromatic carbocycles. The second-order valence-corrected chi connectivity index (χ2v) is 11.0. The third-order valence-corrected chi connectivity index (χ3v) is 6.71. The van der Waals surface area contributed by atoms with Crippen molar-refractivity contribution in [1.82, 2.24) is 10.2 Å². The van der Waals surface area contributed by atoms with Crippen LogP contribution in [0.3, 0.4) is 0 Å². The summed E-state index contributed by atoms with van der Waals surface area (Å²) in [6.07, 6.45) is 0. The van der Waals surface area contributed by atoms with E-state index in [9.17, 15) is 18.3 Å². The van der Waals surface area contributed by atoms with Crippen molar-refractivity contribution in [3.63, 3.8) is 0 Å². The lowest BCUT2D eigenvalue weighted by Gasteiger charge is -2.31. The molecule has 1 aromatic heterocycles. The summed E-state index contributed by atoms with van der Waals surface area (Å²) in [5.41, 5.74) is 0.176. The van der Waals surface area contributed by atoms with Crippen LogP contribution in [0.4, 0.5) is 5.69 Å². The zero-order chi connectivity index (χ0) is 24.7. The summed E-state index contributed by atoms with van der Waals surface area (Å²) in [5.74, 6) is 0.739. The first kappa shape index (κ1) is 24.4. The molecular formula is C23H30N4O5S. The number of amidine groups is 1. The molecule has 3 rings (SSSR count). The number of hydrogen-bond donors (Lipinski definition) is 3. The Balaban J connectivity index is 2.01. The van der Waals surface area contributed by atoms with Crippen LogP contribution in [-0.4, -0.2) is 44.3 Å². The molecule has 178 valence electrons. The van der Waals surface area contributed by atoms with Crippen LogP contribution in [0.5, 0.6) is 5.75 Å². The van der Waals surface area contributed by atoms with E-state index in [1.54, 1.807) is 26.2 Å². The molecule has 2 heterocycles. The number of allylic oxidation sites excluding steroid dienone is 1. The maximum Gasteiger partial charge on any atom is 0.282 e. The van der Waals surface area contributed by atoms with Gasteiger partial charge < -0.3 is 25.1 Å². The van der Waals surface area contributed by atoms with E-state index in [4.69, 9.17) is 4.42 Å². The van der Waals surface area contributed by atoms with Gasteiger partial charge in [0.25, 0.3) is 15.9 Å². The number of para-hydroxylation sites is 1. The Labute approximate surface area is 194 Å². The molecule has 0 saturated heterocycles. The van der Waals surface area contributed by atoms with Crippen molar-refractivity contribution >= 4 is 27.5 Å². The van der Waals surface area contributed by atoms with E-state index in [1.807, 2.05) is 39.8 Å². The van der Waals surface area contributed by atoms with Gasteiger partial charge in [0.2, 0.25) is 0 Å². The predicted molar refractivity (Wildman–Crippen MR) is 128 cm³/mol. The average Bonchev–Trinajstić information content (AvgIpc) is 3.21. The largest absolute Gasteiger partial charge is 0.505 e. The molecule has 0 unspecified atom stereocenters. The van der Waals surface area contributed by atoms with Gasteiger partial charge in [-0.25, -0.2) is 0 Å². The Morgan fingerprint density at radius 3 is 2.36 bits per heavy atom. The number of furan rings is 1. The van der Waals surface area contributed by atoms with E-state index in [1.165, 1.54) is 17.9 Å². The van der Waals surface area contributed by atoms with Crippen molar-refractivity contribution in [2.45, 2.75) is 40.7 Å². The van der Waals surface area contributed by atoms with Crippen LogP contribution < -0.4 is 10.6 Å². The molecule has 0 aliphatic carbocycles. The first-order chi connectivity index (χ1) is 15.2. The number of carbonyl (C=O) groups excluding carboxylic acids is 1. The normalized spacial score (nSPS) is 16.4. The van der Waals surface area contributed by atoms with Gasteiger partial charge in [0, 0.05) is 14.1 Å². The lowest BCUT2D eigenvalue weighted by atomic mass is 9.85. The van der Waals surface area contributed by atoms with Crippen LogP contribution in [0.1, 0.15) is 55.6 Å². The van der Waals surface area contributed by atoms with E-state index in [-0.39, 0.29) is 50.8 Å². The predicted octanol–water partition coefficient (Wildman–Crippen LogP) is 3.76. The maximum atomic E-state index is 12.6. The Kier molecular flexibility index (Phi) is 6.34. The molecule has 3 N–H and O–H groups in total. The maximum absolute atomic E-state index is 12.6. The van der Waals surface area contributed by atoms with Gasteiger partial charge in [-0.1, -0.05) is 26.8 Å². The average molecular weight is 475 g/mol. The van der Waals surface area contributed by atoms with Crippen LogP contribution in [0.25, 0.3) is 0 Å². The van der Waals surface area contributed by atoms with Crippen LogP contribution in [-0.2, 0) is 10.0 Å². The van der Waals surface area contributed by atoms with Crippen LogP contribution in [0, 0.1) is 12.3 Å². The zero-order valence-corrected chi connectivity index (χ0v) is 20.7. The number of nitrogens with zero attached hydrogens (tertiary/aromatic N) is 2. The first-order valence-corrected chi connectivity index (χ1v) is 11.9. The number of anilines is 1. The molecule has 0 radical (unpaired) electrons. The van der Waals surface area contributed by atoms with Gasteiger partial charge in [0.05, 0.1) is 27.9 Å². The van der Waals surface area contributed by atoms with Gasteiger partial charge in [-0.2, -0.15) is 8.42 Å². The second-order valence-electron chi connectivity index (χ2n) is 9.26. The van der Waals surface area contributed by atoms with E-state index >= 15 is 0 Å². The summed E-state index contributed by atoms with van der Waals surface area (Å²) in [7, 11) is -0.757. The number of phenolic OH excluding ortho intramolecular Hbond substituents is 1. The van der Waals surface area contributed by atoms with Crippen molar-refractivity contribution in [2.75, 3.05) is 19.4 Å². The third kappa shape index (κ3) is 4.90. The number of amides is 1. The van der Waals surface area contributed by atoms with Crippen LogP contribution >= 0.6 is 0 Å². The van der Waals surface area contributed by atoms with E-state index in [0.29, 0.717) is 5.76 Å². The molecular weight excluding hydrogens is 444 g/mol. The SMILES string of the molecule is CC1=C(N[C@@H](c2ccc(C)o2)C(C)(C)C)C(Nc2cccc(C(=O)N(C)C)c2O)=NS1(=O)=O. The number of nitrogens with one attached hydrogen (secondary N) is 2. The fraction of sp³-hybridized carbons (Fsp3) is 0.391. The lowest BCUT2D eigenvalue weighted by Crippen LogP contribution is -2.35. The molecule has 0 saturated carbocycles. The smallest absolute Gasteiger partial charge is 0.282 e. The molecule has 0 fully saturated rings. The summed E-state index contributed by atoms with van der Waals surface area (Å²) >= 11 is 0. The fourth-order valence-corrected chi connectivity index (χ4v) is 4.37. The molecule has 1 atom stereocenters. The molecule has 1 amide bonds. The first-order valence-electron chi connectivity index (χ1n) is 10.4. The zero-order valence-electron chi connectivity index (χ0n) is 19.8. The monoisotopic (exact) mass is 474 g/mol. The number of hydrogen-bond acceptors (Lipinski definition) is 7. The van der Waals surface area contributed by atoms with E-state index < -0.39 is 10.0 Å². The van der Waals surface area contributed by atoms with Crippen molar-refractivity contribution in [3.8, 4) is 5.75 Å². The highest BCUT2D eigenvalue weighted by molar-refractivity contribution is 7.94.